The van der Waals surface area contributed by atoms with Crippen LogP contribution in [0.4, 0.5) is 29.3 Å². The molecule has 0 aromatic heterocycles. The fraction of sp³-hybridized carbons (Fsp3) is 0.300. The Hall–Kier alpha value is -3.23. The molecule has 9 heteroatoms. The molecule has 0 radical (unpaired) electrons. The van der Waals surface area contributed by atoms with E-state index in [9.17, 15) is 22.8 Å². The van der Waals surface area contributed by atoms with Crippen molar-refractivity contribution < 1.29 is 27.5 Å². The number of ether oxygens (including phenoxy) is 1. The molecular weight excluding hydrogens is 387 g/mol. The third-order valence-corrected chi connectivity index (χ3v) is 4.62. The second-order valence-electron chi connectivity index (χ2n) is 6.65. The molecular formula is C20H20F3N3O3. The van der Waals surface area contributed by atoms with Crippen LogP contribution >= 0.6 is 0 Å². The minimum absolute atomic E-state index is 0.0789. The van der Waals surface area contributed by atoms with Gasteiger partial charge >= 0.3 is 12.2 Å². The van der Waals surface area contributed by atoms with E-state index in [0.29, 0.717) is 12.3 Å². The van der Waals surface area contributed by atoms with Crippen molar-refractivity contribution in [1.82, 2.24) is 5.32 Å². The summed E-state index contributed by atoms with van der Waals surface area (Å²) < 4.78 is 44.1. The summed E-state index contributed by atoms with van der Waals surface area (Å²) in [5, 5.41) is 4.77. The molecule has 0 aliphatic carbocycles. The van der Waals surface area contributed by atoms with Gasteiger partial charge in [-0.3, -0.25) is 4.79 Å². The van der Waals surface area contributed by atoms with Gasteiger partial charge in [0.05, 0.1) is 18.4 Å². The Labute approximate surface area is 165 Å². The lowest BCUT2D eigenvalue weighted by atomic mass is 10.1. The standard InChI is InChI=1S/C20H20F3N3O3/c1-29-15-8-6-14(7-9-15)26-12-13(10-18(26)27)11-24-19(28)25-17-5-3-2-4-16(17)20(21,22)23/h2-9,13H,10-12H2,1H3,(H2,24,25,28). The van der Waals surface area contributed by atoms with Crippen LogP contribution in [0, 0.1) is 5.92 Å². The van der Waals surface area contributed by atoms with Crippen molar-refractivity contribution in [2.24, 2.45) is 5.92 Å². The van der Waals surface area contributed by atoms with Gasteiger partial charge in [-0.05, 0) is 36.4 Å². The van der Waals surface area contributed by atoms with Crippen LogP contribution in [0.5, 0.6) is 5.75 Å². The number of alkyl halides is 3. The molecule has 2 N–H and O–H groups in total. The topological polar surface area (TPSA) is 70.7 Å². The van der Waals surface area contributed by atoms with Crippen LogP contribution in [0.3, 0.4) is 0 Å². The first-order valence-electron chi connectivity index (χ1n) is 8.93. The number of rotatable bonds is 5. The van der Waals surface area contributed by atoms with Crippen LogP contribution in [0.1, 0.15) is 12.0 Å². The molecule has 1 aliphatic rings. The molecule has 0 bridgehead atoms. The fourth-order valence-corrected chi connectivity index (χ4v) is 3.17. The first kappa shape index (κ1) is 20.5. The number of halogens is 3. The number of para-hydroxylation sites is 1. The SMILES string of the molecule is COc1ccc(N2CC(CNC(=O)Nc3ccccc3C(F)(F)F)CC2=O)cc1. The smallest absolute Gasteiger partial charge is 0.418 e. The molecule has 0 saturated carbocycles. The monoisotopic (exact) mass is 407 g/mol. The van der Waals surface area contributed by atoms with Crippen molar-refractivity contribution in [2.45, 2.75) is 12.6 Å². The lowest BCUT2D eigenvalue weighted by molar-refractivity contribution is -0.136. The first-order valence-corrected chi connectivity index (χ1v) is 8.93. The number of nitrogens with zero attached hydrogens (tertiary/aromatic N) is 1. The van der Waals surface area contributed by atoms with Gasteiger partial charge in [0.2, 0.25) is 5.91 Å². The minimum Gasteiger partial charge on any atom is -0.497 e. The van der Waals surface area contributed by atoms with Crippen LogP contribution in [0.2, 0.25) is 0 Å². The summed E-state index contributed by atoms with van der Waals surface area (Å²) in [6, 6.07) is 11.0. The number of hydrogen-bond acceptors (Lipinski definition) is 3. The molecule has 2 aromatic rings. The molecule has 6 nitrogen and oxygen atoms in total. The maximum absolute atomic E-state index is 13.0. The summed E-state index contributed by atoms with van der Waals surface area (Å²) in [4.78, 5) is 25.9. The van der Waals surface area contributed by atoms with Gasteiger partial charge in [-0.25, -0.2) is 4.79 Å². The Kier molecular flexibility index (Phi) is 5.95. The molecule has 2 aromatic carbocycles. The minimum atomic E-state index is -4.57. The number of anilines is 2. The molecule has 154 valence electrons. The zero-order valence-corrected chi connectivity index (χ0v) is 15.6. The normalized spacial score (nSPS) is 16.6. The second-order valence-corrected chi connectivity index (χ2v) is 6.65. The van der Waals surface area contributed by atoms with Gasteiger partial charge in [0.25, 0.3) is 0 Å². The second kappa shape index (κ2) is 8.42. The third kappa shape index (κ3) is 4.98. The number of carbonyl (C=O) groups is 2. The van der Waals surface area contributed by atoms with E-state index < -0.39 is 17.8 Å². The number of carbonyl (C=O) groups excluding carboxylic acids is 2. The average molecular weight is 407 g/mol. The van der Waals surface area contributed by atoms with E-state index in [-0.39, 0.29) is 30.5 Å². The van der Waals surface area contributed by atoms with Crippen LogP contribution in [-0.2, 0) is 11.0 Å². The maximum atomic E-state index is 13.0. The van der Waals surface area contributed by atoms with E-state index in [2.05, 4.69) is 10.6 Å². The quantitative estimate of drug-likeness (QED) is 0.790. The summed E-state index contributed by atoms with van der Waals surface area (Å²) in [6.07, 6.45) is -4.33. The van der Waals surface area contributed by atoms with Crippen LogP contribution in [0.25, 0.3) is 0 Å². The summed E-state index contributed by atoms with van der Waals surface area (Å²) >= 11 is 0. The Balaban J connectivity index is 1.55. The Morgan fingerprint density at radius 1 is 1.17 bits per heavy atom. The van der Waals surface area contributed by atoms with E-state index in [0.717, 1.165) is 11.8 Å². The highest BCUT2D eigenvalue weighted by atomic mass is 19.4. The lowest BCUT2D eigenvalue weighted by Crippen LogP contribution is -2.34. The van der Waals surface area contributed by atoms with Crippen molar-refractivity contribution in [2.75, 3.05) is 30.4 Å². The van der Waals surface area contributed by atoms with E-state index in [1.165, 1.54) is 18.2 Å². The highest BCUT2D eigenvalue weighted by Crippen LogP contribution is 2.34. The summed E-state index contributed by atoms with van der Waals surface area (Å²) in [6.45, 7) is 0.572. The zero-order chi connectivity index (χ0) is 21.0. The van der Waals surface area contributed by atoms with Gasteiger partial charge < -0.3 is 20.3 Å². The lowest BCUT2D eigenvalue weighted by Gasteiger charge is -2.18. The molecule has 1 atom stereocenters. The fourth-order valence-electron chi connectivity index (χ4n) is 3.17. The molecule has 1 unspecified atom stereocenters. The summed E-state index contributed by atoms with van der Waals surface area (Å²) in [7, 11) is 1.55. The molecule has 3 rings (SSSR count). The van der Waals surface area contributed by atoms with Crippen LogP contribution in [0.15, 0.2) is 48.5 Å². The molecule has 0 spiro atoms. The Morgan fingerprint density at radius 3 is 2.52 bits per heavy atom. The molecule has 29 heavy (non-hydrogen) atoms. The first-order chi connectivity index (χ1) is 13.8. The van der Waals surface area contributed by atoms with E-state index >= 15 is 0 Å². The van der Waals surface area contributed by atoms with E-state index in [1.807, 2.05) is 0 Å². The van der Waals surface area contributed by atoms with E-state index in [1.54, 1.807) is 36.3 Å². The maximum Gasteiger partial charge on any atom is 0.418 e. The van der Waals surface area contributed by atoms with Crippen molar-refractivity contribution >= 4 is 23.3 Å². The molecule has 1 heterocycles. The van der Waals surface area contributed by atoms with Crippen molar-refractivity contribution in [3.63, 3.8) is 0 Å². The summed E-state index contributed by atoms with van der Waals surface area (Å²) in [5.74, 6) is 0.451. The van der Waals surface area contributed by atoms with Gasteiger partial charge in [0, 0.05) is 31.1 Å². The number of benzene rings is 2. The van der Waals surface area contributed by atoms with Crippen LogP contribution in [-0.4, -0.2) is 32.1 Å². The predicted molar refractivity (Wildman–Crippen MR) is 102 cm³/mol. The van der Waals surface area contributed by atoms with Crippen LogP contribution < -0.4 is 20.3 Å². The number of methoxy groups -OCH3 is 1. The molecule has 3 amide bonds. The number of amides is 3. The number of hydrogen-bond donors (Lipinski definition) is 2. The van der Waals surface area contributed by atoms with Crippen molar-refractivity contribution in [1.29, 1.82) is 0 Å². The molecule has 1 fully saturated rings. The molecule has 1 aliphatic heterocycles. The predicted octanol–water partition coefficient (Wildman–Crippen LogP) is 3.89. The number of nitrogens with one attached hydrogen (secondary N) is 2. The zero-order valence-electron chi connectivity index (χ0n) is 15.6. The summed E-state index contributed by atoms with van der Waals surface area (Å²) in [5.41, 5.74) is -0.515. The highest BCUT2D eigenvalue weighted by molar-refractivity contribution is 5.96. The highest BCUT2D eigenvalue weighted by Gasteiger charge is 2.34. The van der Waals surface area contributed by atoms with Crippen molar-refractivity contribution in [3.8, 4) is 5.75 Å². The van der Waals surface area contributed by atoms with Gasteiger partial charge in [0.15, 0.2) is 0 Å². The number of urea groups is 1. The molecule has 1 saturated heterocycles. The van der Waals surface area contributed by atoms with Gasteiger partial charge in [0.1, 0.15) is 5.75 Å². The largest absolute Gasteiger partial charge is 0.497 e. The van der Waals surface area contributed by atoms with Gasteiger partial charge in [-0.15, -0.1) is 0 Å². The Bertz CT molecular complexity index is 885. The van der Waals surface area contributed by atoms with E-state index in [4.69, 9.17) is 4.74 Å². The third-order valence-electron chi connectivity index (χ3n) is 4.62. The van der Waals surface area contributed by atoms with Gasteiger partial charge in [-0.2, -0.15) is 13.2 Å². The van der Waals surface area contributed by atoms with Gasteiger partial charge in [-0.1, -0.05) is 12.1 Å². The van der Waals surface area contributed by atoms with Crippen molar-refractivity contribution in [3.05, 3.63) is 54.1 Å². The average Bonchev–Trinajstić information content (AvgIpc) is 3.07. The Morgan fingerprint density at radius 2 is 1.86 bits per heavy atom.